The van der Waals surface area contributed by atoms with Crippen LogP contribution in [-0.4, -0.2) is 58.4 Å². The summed E-state index contributed by atoms with van der Waals surface area (Å²) < 4.78 is 7.60. The first-order chi connectivity index (χ1) is 12.8. The third-order valence-corrected chi connectivity index (χ3v) is 5.64. The van der Waals surface area contributed by atoms with Crippen LogP contribution in [0.25, 0.3) is 0 Å². The van der Waals surface area contributed by atoms with Crippen molar-refractivity contribution < 1.29 is 4.74 Å². The minimum Gasteiger partial charge on any atom is -0.495 e. The van der Waals surface area contributed by atoms with Gasteiger partial charge in [0, 0.05) is 26.2 Å². The third-order valence-electron chi connectivity index (χ3n) is 5.64. The zero-order chi connectivity index (χ0) is 17.8. The lowest BCUT2D eigenvalue weighted by molar-refractivity contribution is 0.229. The fraction of sp³-hybridized carbons (Fsp3) is 0.632. The van der Waals surface area contributed by atoms with Crippen molar-refractivity contribution in [2.75, 3.05) is 38.2 Å². The van der Waals surface area contributed by atoms with E-state index in [1.165, 1.54) is 37.8 Å². The highest BCUT2D eigenvalue weighted by molar-refractivity contribution is 5.58. The van der Waals surface area contributed by atoms with Crippen LogP contribution in [0.3, 0.4) is 0 Å². The summed E-state index contributed by atoms with van der Waals surface area (Å²) >= 11 is 0. The van der Waals surface area contributed by atoms with Crippen LogP contribution in [-0.2, 0) is 6.54 Å². The van der Waals surface area contributed by atoms with Gasteiger partial charge < -0.3 is 9.64 Å². The molecule has 0 atom stereocenters. The summed E-state index contributed by atoms with van der Waals surface area (Å²) in [6.45, 7) is 4.84. The van der Waals surface area contributed by atoms with E-state index in [0.29, 0.717) is 6.04 Å². The Hall–Kier alpha value is -2.15. The Morgan fingerprint density at radius 3 is 2.58 bits per heavy atom. The quantitative estimate of drug-likeness (QED) is 0.820. The van der Waals surface area contributed by atoms with E-state index in [0.717, 1.165) is 44.3 Å². The predicted molar refractivity (Wildman–Crippen MR) is 100 cm³/mol. The van der Waals surface area contributed by atoms with Crippen LogP contribution in [0, 0.1) is 0 Å². The van der Waals surface area contributed by atoms with Gasteiger partial charge >= 0.3 is 0 Å². The number of para-hydroxylation sites is 2. The smallest absolute Gasteiger partial charge is 0.165 e. The molecule has 2 aromatic rings. The number of hydrogen-bond acceptors (Lipinski definition) is 6. The molecule has 0 radical (unpaired) electrons. The first kappa shape index (κ1) is 17.3. The van der Waals surface area contributed by atoms with Crippen LogP contribution in [0.1, 0.15) is 44.0 Å². The standard InChI is InChI=1S/C19H28N6O/c1-26-18-10-6-5-9-17(18)24-13-11-23(12-14-24)15-19-20-21-22-25(19)16-7-3-2-4-8-16/h5-6,9-10,16H,2-4,7-8,11-15H2,1H3. The Kier molecular flexibility index (Phi) is 5.34. The molecule has 0 unspecified atom stereocenters. The summed E-state index contributed by atoms with van der Waals surface area (Å²) in [6, 6.07) is 8.74. The SMILES string of the molecule is COc1ccccc1N1CCN(Cc2nnnn2C2CCCCC2)CC1. The molecule has 0 bridgehead atoms. The van der Waals surface area contributed by atoms with Gasteiger partial charge in [0.15, 0.2) is 5.82 Å². The normalized spacial score (nSPS) is 19.7. The minimum atomic E-state index is 0.489. The van der Waals surface area contributed by atoms with Crippen LogP contribution in [0.2, 0.25) is 0 Å². The maximum absolute atomic E-state index is 5.51. The van der Waals surface area contributed by atoms with Gasteiger partial charge in [0.05, 0.1) is 25.4 Å². The van der Waals surface area contributed by atoms with E-state index in [-0.39, 0.29) is 0 Å². The van der Waals surface area contributed by atoms with Crippen LogP contribution in [0.5, 0.6) is 5.75 Å². The highest BCUT2D eigenvalue weighted by Gasteiger charge is 2.24. The van der Waals surface area contributed by atoms with Crippen molar-refractivity contribution in [3.05, 3.63) is 30.1 Å². The zero-order valence-electron chi connectivity index (χ0n) is 15.5. The van der Waals surface area contributed by atoms with Crippen molar-refractivity contribution in [1.29, 1.82) is 0 Å². The van der Waals surface area contributed by atoms with Crippen molar-refractivity contribution in [3.8, 4) is 5.75 Å². The summed E-state index contributed by atoms with van der Waals surface area (Å²) in [7, 11) is 1.74. The molecule has 1 aliphatic carbocycles. The topological polar surface area (TPSA) is 59.3 Å². The van der Waals surface area contributed by atoms with E-state index in [1.54, 1.807) is 7.11 Å². The number of nitrogens with zero attached hydrogens (tertiary/aromatic N) is 6. The van der Waals surface area contributed by atoms with E-state index in [9.17, 15) is 0 Å². The van der Waals surface area contributed by atoms with Gasteiger partial charge in [-0.3, -0.25) is 4.90 Å². The molecule has 1 aromatic carbocycles. The number of ether oxygens (including phenoxy) is 1. The molecular weight excluding hydrogens is 328 g/mol. The average Bonchev–Trinajstić information content (AvgIpc) is 3.17. The van der Waals surface area contributed by atoms with Gasteiger partial charge in [-0.15, -0.1) is 5.10 Å². The van der Waals surface area contributed by atoms with Crippen molar-refractivity contribution in [1.82, 2.24) is 25.1 Å². The van der Waals surface area contributed by atoms with Gasteiger partial charge in [0.1, 0.15) is 5.75 Å². The molecule has 0 spiro atoms. The number of hydrogen-bond donors (Lipinski definition) is 0. The van der Waals surface area contributed by atoms with Crippen molar-refractivity contribution >= 4 is 5.69 Å². The van der Waals surface area contributed by atoms with Gasteiger partial charge in [-0.05, 0) is 35.4 Å². The van der Waals surface area contributed by atoms with Crippen LogP contribution in [0.15, 0.2) is 24.3 Å². The van der Waals surface area contributed by atoms with Crippen molar-refractivity contribution in [2.45, 2.75) is 44.7 Å². The lowest BCUT2D eigenvalue weighted by Gasteiger charge is -2.36. The van der Waals surface area contributed by atoms with E-state index in [4.69, 9.17) is 4.74 Å². The first-order valence-electron chi connectivity index (χ1n) is 9.72. The molecule has 1 saturated carbocycles. The van der Waals surface area contributed by atoms with E-state index in [1.807, 2.05) is 12.1 Å². The fourth-order valence-electron chi connectivity index (χ4n) is 4.16. The first-order valence-corrected chi connectivity index (χ1v) is 9.72. The zero-order valence-corrected chi connectivity index (χ0v) is 15.5. The predicted octanol–water partition coefficient (Wildman–Crippen LogP) is 2.51. The number of piperazine rings is 1. The second kappa shape index (κ2) is 8.03. The molecule has 26 heavy (non-hydrogen) atoms. The Labute approximate surface area is 154 Å². The molecule has 140 valence electrons. The number of rotatable bonds is 5. The van der Waals surface area contributed by atoms with Gasteiger partial charge in [0.2, 0.25) is 0 Å². The van der Waals surface area contributed by atoms with E-state index < -0.39 is 0 Å². The van der Waals surface area contributed by atoms with Gasteiger partial charge in [-0.1, -0.05) is 31.4 Å². The van der Waals surface area contributed by atoms with Crippen molar-refractivity contribution in [2.24, 2.45) is 0 Å². The summed E-state index contributed by atoms with van der Waals surface area (Å²) in [4.78, 5) is 4.86. The summed E-state index contributed by atoms with van der Waals surface area (Å²) in [5, 5.41) is 12.6. The highest BCUT2D eigenvalue weighted by Crippen LogP contribution is 2.29. The largest absolute Gasteiger partial charge is 0.495 e. The van der Waals surface area contributed by atoms with Crippen molar-refractivity contribution in [3.63, 3.8) is 0 Å². The van der Waals surface area contributed by atoms with Gasteiger partial charge in [-0.2, -0.15) is 0 Å². The molecular formula is C19H28N6O. The summed E-state index contributed by atoms with van der Waals surface area (Å²) in [5.74, 6) is 1.96. The number of anilines is 1. The Balaban J connectivity index is 1.37. The summed E-state index contributed by atoms with van der Waals surface area (Å²) in [5.41, 5.74) is 1.18. The molecule has 7 nitrogen and oxygen atoms in total. The average molecular weight is 356 g/mol. The molecule has 2 fully saturated rings. The Morgan fingerprint density at radius 2 is 1.81 bits per heavy atom. The second-order valence-electron chi connectivity index (χ2n) is 7.27. The maximum Gasteiger partial charge on any atom is 0.165 e. The molecule has 7 heteroatoms. The van der Waals surface area contributed by atoms with Gasteiger partial charge in [-0.25, -0.2) is 4.68 Å². The van der Waals surface area contributed by atoms with E-state index in [2.05, 4.69) is 42.1 Å². The molecule has 0 amide bonds. The summed E-state index contributed by atoms with van der Waals surface area (Å²) in [6.07, 6.45) is 6.35. The minimum absolute atomic E-state index is 0.489. The maximum atomic E-state index is 5.51. The third kappa shape index (κ3) is 3.67. The molecule has 2 aliphatic rings. The molecule has 4 rings (SSSR count). The second-order valence-corrected chi connectivity index (χ2v) is 7.27. The number of aromatic nitrogens is 4. The molecule has 1 saturated heterocycles. The highest BCUT2D eigenvalue weighted by atomic mass is 16.5. The lowest BCUT2D eigenvalue weighted by Crippen LogP contribution is -2.46. The monoisotopic (exact) mass is 356 g/mol. The van der Waals surface area contributed by atoms with Crippen LogP contribution >= 0.6 is 0 Å². The Morgan fingerprint density at radius 1 is 1.04 bits per heavy atom. The molecule has 2 heterocycles. The fourth-order valence-corrected chi connectivity index (χ4v) is 4.16. The van der Waals surface area contributed by atoms with Gasteiger partial charge in [0.25, 0.3) is 0 Å². The van der Waals surface area contributed by atoms with E-state index >= 15 is 0 Å². The number of methoxy groups -OCH3 is 1. The number of tetrazole rings is 1. The number of benzene rings is 1. The van der Waals surface area contributed by atoms with Crippen LogP contribution < -0.4 is 9.64 Å². The van der Waals surface area contributed by atoms with Crippen LogP contribution in [0.4, 0.5) is 5.69 Å². The molecule has 1 aromatic heterocycles. The lowest BCUT2D eigenvalue weighted by atomic mass is 9.95. The Bertz CT molecular complexity index is 704. The molecule has 0 N–H and O–H groups in total. The molecule has 1 aliphatic heterocycles.